The maximum Gasteiger partial charge on any atom is 0.219 e. The Kier molecular flexibility index (Phi) is 9.34. The molecule has 0 atom stereocenters. The van der Waals surface area contributed by atoms with Crippen LogP contribution in [0, 0.1) is 5.41 Å². The number of nitrogens with one attached hydrogen (secondary N) is 2. The Morgan fingerprint density at radius 2 is 1.81 bits per heavy atom. The van der Waals surface area contributed by atoms with Crippen LogP contribution in [-0.4, -0.2) is 85.7 Å². The van der Waals surface area contributed by atoms with Gasteiger partial charge in [-0.3, -0.25) is 14.7 Å². The van der Waals surface area contributed by atoms with Crippen molar-refractivity contribution in [2.75, 3.05) is 59.0 Å². The molecule has 7 heteroatoms. The summed E-state index contributed by atoms with van der Waals surface area (Å²) in [4.78, 5) is 20.6. The lowest BCUT2D eigenvalue weighted by atomic mass is 9.72. The van der Waals surface area contributed by atoms with Crippen LogP contribution in [0.2, 0.25) is 0 Å². The molecule has 0 aromatic rings. The molecule has 0 aromatic heterocycles. The highest BCUT2D eigenvalue weighted by molar-refractivity contribution is 5.79. The molecule has 1 heterocycles. The summed E-state index contributed by atoms with van der Waals surface area (Å²) in [6, 6.07) is 0. The number of aliphatic imine (C=N–C) groups is 1. The van der Waals surface area contributed by atoms with E-state index >= 15 is 0 Å². The van der Waals surface area contributed by atoms with Gasteiger partial charge in [-0.2, -0.15) is 0 Å². The largest absolute Gasteiger partial charge is 0.396 e. The Balaban J connectivity index is 1.78. The van der Waals surface area contributed by atoms with Crippen LogP contribution in [0.4, 0.5) is 0 Å². The highest BCUT2D eigenvalue weighted by Crippen LogP contribution is 2.39. The summed E-state index contributed by atoms with van der Waals surface area (Å²) in [5.41, 5.74) is 0.179. The van der Waals surface area contributed by atoms with Crippen molar-refractivity contribution in [2.45, 2.75) is 52.4 Å². The van der Waals surface area contributed by atoms with Crippen molar-refractivity contribution in [3.8, 4) is 0 Å². The van der Waals surface area contributed by atoms with Crippen LogP contribution < -0.4 is 10.6 Å². The van der Waals surface area contributed by atoms with Gasteiger partial charge in [0.25, 0.3) is 0 Å². The maximum absolute atomic E-state index is 11.4. The first kappa shape index (κ1) is 22.0. The van der Waals surface area contributed by atoms with Crippen LogP contribution in [0.25, 0.3) is 0 Å². The van der Waals surface area contributed by atoms with Gasteiger partial charge >= 0.3 is 0 Å². The standard InChI is InChI=1S/C20H39N5O2/c1-3-21-19(23-17-20(9-16-26)7-5-4-6-8-20)22-10-11-24-12-14-25(15-13-24)18(2)27/h26H,3-17H2,1-2H3,(H2,21,22,23). The van der Waals surface area contributed by atoms with E-state index in [2.05, 4.69) is 22.5 Å². The first-order chi connectivity index (χ1) is 13.1. The summed E-state index contributed by atoms with van der Waals surface area (Å²) in [5, 5.41) is 16.3. The fraction of sp³-hybridized carbons (Fsp3) is 0.900. The molecule has 2 rings (SSSR count). The van der Waals surface area contributed by atoms with E-state index in [1.54, 1.807) is 6.92 Å². The van der Waals surface area contributed by atoms with Crippen LogP contribution in [0.15, 0.2) is 4.99 Å². The summed E-state index contributed by atoms with van der Waals surface area (Å²) < 4.78 is 0. The average Bonchev–Trinajstić information content (AvgIpc) is 2.67. The zero-order valence-electron chi connectivity index (χ0n) is 17.3. The number of rotatable bonds is 8. The third-order valence-electron chi connectivity index (χ3n) is 6.01. The summed E-state index contributed by atoms with van der Waals surface area (Å²) in [7, 11) is 0. The van der Waals surface area contributed by atoms with E-state index < -0.39 is 0 Å². The molecule has 0 spiro atoms. The fourth-order valence-corrected chi connectivity index (χ4v) is 4.23. The summed E-state index contributed by atoms with van der Waals surface area (Å²) >= 11 is 0. The number of carbonyl (C=O) groups excluding carboxylic acids is 1. The van der Waals surface area contributed by atoms with Crippen LogP contribution in [-0.2, 0) is 4.79 Å². The van der Waals surface area contributed by atoms with Crippen molar-refractivity contribution < 1.29 is 9.90 Å². The minimum atomic E-state index is 0.175. The second-order valence-electron chi connectivity index (χ2n) is 8.00. The first-order valence-electron chi connectivity index (χ1n) is 10.7. The maximum atomic E-state index is 11.4. The summed E-state index contributed by atoms with van der Waals surface area (Å²) in [6.45, 7) is 11.0. The van der Waals surface area contributed by atoms with Crippen molar-refractivity contribution in [1.29, 1.82) is 0 Å². The molecule has 1 saturated carbocycles. The highest BCUT2D eigenvalue weighted by Gasteiger charge is 2.31. The fourth-order valence-electron chi connectivity index (χ4n) is 4.23. The van der Waals surface area contributed by atoms with Gasteiger partial charge < -0.3 is 20.6 Å². The number of piperazine rings is 1. The molecule has 156 valence electrons. The number of aliphatic hydroxyl groups excluding tert-OH is 1. The number of guanidine groups is 1. The molecule has 1 amide bonds. The lowest BCUT2D eigenvalue weighted by molar-refractivity contribution is -0.130. The van der Waals surface area contributed by atoms with Gasteiger partial charge in [0.1, 0.15) is 0 Å². The van der Waals surface area contributed by atoms with Crippen molar-refractivity contribution >= 4 is 11.9 Å². The molecular weight excluding hydrogens is 342 g/mol. The molecule has 7 nitrogen and oxygen atoms in total. The second kappa shape index (κ2) is 11.5. The third kappa shape index (κ3) is 7.30. The molecule has 1 aliphatic carbocycles. The van der Waals surface area contributed by atoms with Gasteiger partial charge in [-0.05, 0) is 31.6 Å². The number of nitrogens with zero attached hydrogens (tertiary/aromatic N) is 3. The molecule has 0 bridgehead atoms. The number of carbonyl (C=O) groups is 1. The van der Waals surface area contributed by atoms with Crippen LogP contribution in [0.3, 0.4) is 0 Å². The van der Waals surface area contributed by atoms with E-state index in [0.717, 1.165) is 64.7 Å². The van der Waals surface area contributed by atoms with Gasteiger partial charge in [0, 0.05) is 65.9 Å². The third-order valence-corrected chi connectivity index (χ3v) is 6.01. The molecule has 2 aliphatic rings. The van der Waals surface area contributed by atoms with E-state index in [-0.39, 0.29) is 17.9 Å². The summed E-state index contributed by atoms with van der Waals surface area (Å²) in [5.74, 6) is 1.05. The topological polar surface area (TPSA) is 80.2 Å². The smallest absolute Gasteiger partial charge is 0.219 e. The highest BCUT2D eigenvalue weighted by atomic mass is 16.3. The van der Waals surface area contributed by atoms with E-state index in [1.165, 1.54) is 32.1 Å². The van der Waals surface area contributed by atoms with Crippen LogP contribution in [0.1, 0.15) is 52.4 Å². The monoisotopic (exact) mass is 381 g/mol. The minimum absolute atomic E-state index is 0.175. The Morgan fingerprint density at radius 1 is 1.11 bits per heavy atom. The van der Waals surface area contributed by atoms with Crippen molar-refractivity contribution in [3.63, 3.8) is 0 Å². The zero-order chi connectivity index (χ0) is 19.5. The Bertz CT molecular complexity index is 463. The molecule has 2 fully saturated rings. The number of hydrogen-bond donors (Lipinski definition) is 3. The lowest BCUT2D eigenvalue weighted by Gasteiger charge is -2.36. The molecule has 0 unspecified atom stereocenters. The summed E-state index contributed by atoms with van der Waals surface area (Å²) in [6.07, 6.45) is 7.04. The minimum Gasteiger partial charge on any atom is -0.396 e. The predicted octanol–water partition coefficient (Wildman–Crippen LogP) is 1.04. The molecule has 3 N–H and O–H groups in total. The number of amides is 1. The lowest BCUT2D eigenvalue weighted by Crippen LogP contribution is -2.50. The Labute approximate surface area is 164 Å². The van der Waals surface area contributed by atoms with Gasteiger partial charge in [0.15, 0.2) is 5.96 Å². The quantitative estimate of drug-likeness (QED) is 0.432. The molecule has 27 heavy (non-hydrogen) atoms. The number of aliphatic hydroxyl groups is 1. The van der Waals surface area contributed by atoms with Gasteiger partial charge in [-0.1, -0.05) is 19.3 Å². The molecule has 0 aromatic carbocycles. The SMILES string of the molecule is CCNC(=NCC1(CCO)CCCCC1)NCCN1CCN(C(C)=O)CC1. The van der Waals surface area contributed by atoms with E-state index in [4.69, 9.17) is 4.99 Å². The molecule has 0 radical (unpaired) electrons. The Morgan fingerprint density at radius 3 is 2.41 bits per heavy atom. The van der Waals surface area contributed by atoms with E-state index in [1.807, 2.05) is 4.90 Å². The van der Waals surface area contributed by atoms with Gasteiger partial charge in [-0.15, -0.1) is 0 Å². The second-order valence-corrected chi connectivity index (χ2v) is 8.00. The first-order valence-corrected chi connectivity index (χ1v) is 10.7. The van der Waals surface area contributed by atoms with E-state index in [9.17, 15) is 9.90 Å². The average molecular weight is 382 g/mol. The van der Waals surface area contributed by atoms with Crippen molar-refractivity contribution in [2.24, 2.45) is 10.4 Å². The zero-order valence-corrected chi connectivity index (χ0v) is 17.3. The normalized spacial score (nSPS) is 21.1. The van der Waals surface area contributed by atoms with Gasteiger partial charge in [0.2, 0.25) is 5.91 Å². The van der Waals surface area contributed by atoms with Crippen molar-refractivity contribution in [3.05, 3.63) is 0 Å². The molecular formula is C20H39N5O2. The van der Waals surface area contributed by atoms with Gasteiger partial charge in [0.05, 0.1) is 0 Å². The van der Waals surface area contributed by atoms with E-state index in [0.29, 0.717) is 0 Å². The predicted molar refractivity (Wildman–Crippen MR) is 110 cm³/mol. The van der Waals surface area contributed by atoms with Crippen LogP contribution >= 0.6 is 0 Å². The Hall–Kier alpha value is -1.34. The van der Waals surface area contributed by atoms with Crippen molar-refractivity contribution in [1.82, 2.24) is 20.4 Å². The molecule has 1 saturated heterocycles. The molecule has 1 aliphatic heterocycles. The number of hydrogen-bond acceptors (Lipinski definition) is 4. The van der Waals surface area contributed by atoms with Crippen LogP contribution in [0.5, 0.6) is 0 Å². The van der Waals surface area contributed by atoms with Gasteiger partial charge in [-0.25, -0.2) is 0 Å².